The monoisotopic (exact) mass is 142 g/mol. The van der Waals surface area contributed by atoms with Gasteiger partial charge in [-0.15, -0.1) is 0 Å². The highest BCUT2D eigenvalue weighted by Crippen LogP contribution is 1.72. The molecule has 0 aliphatic heterocycles. The second kappa shape index (κ2) is 11.1. The van der Waals surface area contributed by atoms with E-state index in [0.717, 1.165) is 6.54 Å². The van der Waals surface area contributed by atoms with Gasteiger partial charge in [0.2, 0.25) is 0 Å². The highest BCUT2D eigenvalue weighted by atomic mass is 14.8. The number of allylic oxidation sites excluding steroid dienone is 1. The molecular weight excluding hydrogens is 124 g/mol. The number of nitrogens with zero attached hydrogens (tertiary/aromatic N) is 1. The van der Waals surface area contributed by atoms with E-state index in [1.165, 1.54) is 0 Å². The van der Waals surface area contributed by atoms with Crippen LogP contribution in [-0.4, -0.2) is 12.4 Å². The first kappa shape index (κ1) is 11.9. The van der Waals surface area contributed by atoms with Crippen molar-refractivity contribution in [2.24, 2.45) is 10.7 Å². The summed E-state index contributed by atoms with van der Waals surface area (Å²) in [5.74, 6) is 0.606. The van der Waals surface area contributed by atoms with Crippen molar-refractivity contribution in [3.8, 4) is 0 Å². The van der Waals surface area contributed by atoms with E-state index >= 15 is 0 Å². The van der Waals surface area contributed by atoms with Crippen molar-refractivity contribution in [3.05, 3.63) is 12.2 Å². The van der Waals surface area contributed by atoms with E-state index in [4.69, 9.17) is 5.73 Å². The van der Waals surface area contributed by atoms with Gasteiger partial charge in [-0.3, -0.25) is 4.99 Å². The Morgan fingerprint density at radius 3 is 2.30 bits per heavy atom. The fourth-order valence-electron chi connectivity index (χ4n) is 0.406. The quantitative estimate of drug-likeness (QED) is 0.464. The lowest BCUT2D eigenvalue weighted by Gasteiger charge is -1.86. The average Bonchev–Trinajstić information content (AvgIpc) is 1.93. The normalized spacial score (nSPS) is 11.0. The number of hydrogen-bond acceptors (Lipinski definition) is 1. The van der Waals surface area contributed by atoms with Gasteiger partial charge in [-0.2, -0.15) is 0 Å². The molecule has 10 heavy (non-hydrogen) atoms. The minimum absolute atomic E-state index is 0.606. The first-order valence-corrected chi connectivity index (χ1v) is 3.73. The third-order valence-electron chi connectivity index (χ3n) is 0.678. The Morgan fingerprint density at radius 1 is 1.50 bits per heavy atom. The van der Waals surface area contributed by atoms with Crippen molar-refractivity contribution < 1.29 is 0 Å². The van der Waals surface area contributed by atoms with Crippen molar-refractivity contribution in [1.82, 2.24) is 0 Å². The molecule has 0 spiro atoms. The van der Waals surface area contributed by atoms with Crippen LogP contribution in [0.2, 0.25) is 0 Å². The standard InChI is InChI=1S/C6H12N2.C2H6/c1-3-5-6(7)8-4-2;1-2/h3,5H,4H2,1-2H3,(H2,7,8);1-2H3/b5-3-;. The summed E-state index contributed by atoms with van der Waals surface area (Å²) in [6, 6.07) is 0. The predicted octanol–water partition coefficient (Wildman–Crippen LogP) is 1.97. The van der Waals surface area contributed by atoms with Gasteiger partial charge in [0.05, 0.1) is 0 Å². The summed E-state index contributed by atoms with van der Waals surface area (Å²) in [5.41, 5.74) is 5.36. The van der Waals surface area contributed by atoms with Crippen LogP contribution in [0.4, 0.5) is 0 Å². The van der Waals surface area contributed by atoms with E-state index in [1.54, 1.807) is 6.08 Å². The van der Waals surface area contributed by atoms with Gasteiger partial charge in [-0.25, -0.2) is 0 Å². The minimum Gasteiger partial charge on any atom is -0.384 e. The maximum Gasteiger partial charge on any atom is 0.117 e. The molecule has 60 valence electrons. The number of rotatable bonds is 2. The van der Waals surface area contributed by atoms with E-state index in [0.29, 0.717) is 5.84 Å². The Bertz CT molecular complexity index is 104. The Hall–Kier alpha value is -0.790. The molecular formula is C8H18N2. The number of amidine groups is 1. The summed E-state index contributed by atoms with van der Waals surface area (Å²) in [4.78, 5) is 3.92. The summed E-state index contributed by atoms with van der Waals surface area (Å²) >= 11 is 0. The highest BCUT2D eigenvalue weighted by Gasteiger charge is 1.75. The van der Waals surface area contributed by atoms with E-state index in [2.05, 4.69) is 4.99 Å². The highest BCUT2D eigenvalue weighted by molar-refractivity contribution is 5.91. The maximum absolute atomic E-state index is 5.36. The van der Waals surface area contributed by atoms with Crippen molar-refractivity contribution in [1.29, 1.82) is 0 Å². The summed E-state index contributed by atoms with van der Waals surface area (Å²) in [5, 5.41) is 0. The molecule has 0 heterocycles. The third-order valence-corrected chi connectivity index (χ3v) is 0.678. The Kier molecular flexibility index (Phi) is 13.2. The zero-order chi connectivity index (χ0) is 8.41. The lowest BCUT2D eigenvalue weighted by atomic mass is 10.5. The molecule has 0 saturated carbocycles. The van der Waals surface area contributed by atoms with Crippen molar-refractivity contribution >= 4 is 5.84 Å². The van der Waals surface area contributed by atoms with Crippen LogP contribution in [0.5, 0.6) is 0 Å². The molecule has 2 N–H and O–H groups in total. The molecule has 0 radical (unpaired) electrons. The molecule has 0 rings (SSSR count). The Balaban J connectivity index is 0. The first-order valence-electron chi connectivity index (χ1n) is 3.73. The van der Waals surface area contributed by atoms with E-state index in [9.17, 15) is 0 Å². The maximum atomic E-state index is 5.36. The largest absolute Gasteiger partial charge is 0.384 e. The van der Waals surface area contributed by atoms with E-state index in [-0.39, 0.29) is 0 Å². The van der Waals surface area contributed by atoms with Crippen LogP contribution < -0.4 is 5.73 Å². The second-order valence-electron chi connectivity index (χ2n) is 1.40. The van der Waals surface area contributed by atoms with Crippen LogP contribution in [0.1, 0.15) is 27.7 Å². The van der Waals surface area contributed by atoms with Crippen molar-refractivity contribution in [2.75, 3.05) is 6.54 Å². The molecule has 0 aliphatic carbocycles. The molecule has 0 aromatic rings. The summed E-state index contributed by atoms with van der Waals surface area (Å²) < 4.78 is 0. The van der Waals surface area contributed by atoms with Gasteiger partial charge in [-0.1, -0.05) is 19.9 Å². The van der Waals surface area contributed by atoms with Gasteiger partial charge in [-0.05, 0) is 19.9 Å². The topological polar surface area (TPSA) is 38.4 Å². The fourth-order valence-corrected chi connectivity index (χ4v) is 0.406. The van der Waals surface area contributed by atoms with E-state index < -0.39 is 0 Å². The van der Waals surface area contributed by atoms with Gasteiger partial charge >= 0.3 is 0 Å². The van der Waals surface area contributed by atoms with Crippen LogP contribution in [0, 0.1) is 0 Å². The Morgan fingerprint density at radius 2 is 2.00 bits per heavy atom. The fraction of sp³-hybridized carbons (Fsp3) is 0.625. The van der Waals surface area contributed by atoms with Crippen LogP contribution in [-0.2, 0) is 0 Å². The number of nitrogens with two attached hydrogens (primary N) is 1. The zero-order valence-corrected chi connectivity index (χ0v) is 7.39. The molecule has 0 unspecified atom stereocenters. The van der Waals surface area contributed by atoms with Crippen LogP contribution >= 0.6 is 0 Å². The zero-order valence-electron chi connectivity index (χ0n) is 7.39. The predicted molar refractivity (Wildman–Crippen MR) is 48.3 cm³/mol. The minimum atomic E-state index is 0.606. The van der Waals surface area contributed by atoms with Crippen LogP contribution in [0.25, 0.3) is 0 Å². The molecule has 2 heteroatoms. The second-order valence-corrected chi connectivity index (χ2v) is 1.40. The molecule has 0 bridgehead atoms. The summed E-state index contributed by atoms with van der Waals surface area (Å²) in [6.45, 7) is 8.63. The number of hydrogen-bond donors (Lipinski definition) is 1. The third kappa shape index (κ3) is 10.2. The smallest absolute Gasteiger partial charge is 0.117 e. The van der Waals surface area contributed by atoms with Gasteiger partial charge < -0.3 is 5.73 Å². The molecule has 0 aromatic heterocycles. The van der Waals surface area contributed by atoms with Crippen molar-refractivity contribution in [3.63, 3.8) is 0 Å². The molecule has 0 aliphatic rings. The molecule has 0 fully saturated rings. The number of aliphatic imine (C=N–C) groups is 1. The van der Waals surface area contributed by atoms with Crippen LogP contribution in [0.3, 0.4) is 0 Å². The van der Waals surface area contributed by atoms with Gasteiger partial charge in [0.25, 0.3) is 0 Å². The van der Waals surface area contributed by atoms with Gasteiger partial charge in [0, 0.05) is 6.54 Å². The molecule has 0 amide bonds. The SMILES string of the molecule is C/C=C\C(N)=NCC.CC. The van der Waals surface area contributed by atoms with Crippen molar-refractivity contribution in [2.45, 2.75) is 27.7 Å². The molecule has 0 saturated heterocycles. The summed E-state index contributed by atoms with van der Waals surface area (Å²) in [6.07, 6.45) is 3.65. The van der Waals surface area contributed by atoms with Crippen LogP contribution in [0.15, 0.2) is 17.1 Å². The molecule has 0 aromatic carbocycles. The van der Waals surface area contributed by atoms with E-state index in [1.807, 2.05) is 33.8 Å². The van der Waals surface area contributed by atoms with Gasteiger partial charge in [0.1, 0.15) is 5.84 Å². The van der Waals surface area contributed by atoms with Gasteiger partial charge in [0.15, 0.2) is 0 Å². The lowest BCUT2D eigenvalue weighted by Crippen LogP contribution is -2.07. The lowest BCUT2D eigenvalue weighted by molar-refractivity contribution is 1.12. The Labute approximate surface area is 63.8 Å². The average molecular weight is 142 g/mol. The first-order chi connectivity index (χ1) is 4.81. The molecule has 0 atom stereocenters. The molecule has 2 nitrogen and oxygen atoms in total. The summed E-state index contributed by atoms with van der Waals surface area (Å²) in [7, 11) is 0.